The molecule has 0 bridgehead atoms. The maximum absolute atomic E-state index is 12.2. The summed E-state index contributed by atoms with van der Waals surface area (Å²) in [6.07, 6.45) is 3.42. The topological polar surface area (TPSA) is 78.7 Å². The Hall–Kier alpha value is -3.22. The van der Waals surface area contributed by atoms with Crippen LogP contribution in [0.1, 0.15) is 41.2 Å². The molecule has 0 unspecified atom stereocenters. The lowest BCUT2D eigenvalue weighted by Crippen LogP contribution is -2.27. The van der Waals surface area contributed by atoms with Crippen LogP contribution >= 0.6 is 0 Å². The van der Waals surface area contributed by atoms with E-state index in [1.54, 1.807) is 7.05 Å². The molecule has 0 atom stereocenters. The first kappa shape index (κ1) is 20.5. The number of anilines is 1. The summed E-state index contributed by atoms with van der Waals surface area (Å²) in [4.78, 5) is 17.9. The Labute approximate surface area is 171 Å². The first-order valence-electron chi connectivity index (χ1n) is 9.72. The molecule has 0 aromatic heterocycles. The number of carbonyl (C=O) groups excluding carboxylic acids is 1. The van der Waals surface area contributed by atoms with Gasteiger partial charge in [-0.25, -0.2) is 4.79 Å². The molecule has 2 amide bonds. The van der Waals surface area contributed by atoms with Gasteiger partial charge in [0.25, 0.3) is 0 Å². The summed E-state index contributed by atoms with van der Waals surface area (Å²) in [5.74, 6) is 0. The highest BCUT2D eigenvalue weighted by atomic mass is 16.6. The zero-order valence-corrected chi connectivity index (χ0v) is 17.4. The molecule has 0 saturated heterocycles. The standard InChI is InChI=1S/C22H27N5O2/c1-15-8-5-13-21(24-22(28)27(4)26-23-3)20(15)14-29-25-16(2)18-11-6-9-17-10-7-12-19(17)18/h5-6,8-9,11,13H,7,10,12,14H2,1-4H3,(H,24,28)/b25-16-,26-23?. The Bertz CT molecular complexity index is 952. The number of fused-ring (bicyclic) bond motifs is 1. The van der Waals surface area contributed by atoms with Crippen LogP contribution < -0.4 is 5.32 Å². The second-order valence-electron chi connectivity index (χ2n) is 7.09. The summed E-state index contributed by atoms with van der Waals surface area (Å²) >= 11 is 0. The second-order valence-corrected chi connectivity index (χ2v) is 7.09. The van der Waals surface area contributed by atoms with Crippen molar-refractivity contribution in [2.75, 3.05) is 19.4 Å². The predicted octanol–water partition coefficient (Wildman–Crippen LogP) is 4.89. The minimum absolute atomic E-state index is 0.258. The number of carbonyl (C=O) groups is 1. The third-order valence-electron chi connectivity index (χ3n) is 5.12. The third kappa shape index (κ3) is 4.80. The van der Waals surface area contributed by atoms with E-state index in [-0.39, 0.29) is 12.6 Å². The summed E-state index contributed by atoms with van der Waals surface area (Å²) in [5.41, 5.74) is 7.37. The molecule has 7 nitrogen and oxygen atoms in total. The van der Waals surface area contributed by atoms with Crippen LogP contribution in [-0.2, 0) is 24.3 Å². The van der Waals surface area contributed by atoms with Crippen molar-refractivity contribution >= 4 is 17.4 Å². The molecule has 0 heterocycles. The molecule has 0 saturated carbocycles. The summed E-state index contributed by atoms with van der Waals surface area (Å²) in [5, 5.41) is 15.7. The number of aryl methyl sites for hydroxylation is 2. The third-order valence-corrected chi connectivity index (χ3v) is 5.12. The lowest BCUT2D eigenvalue weighted by molar-refractivity contribution is 0.130. The van der Waals surface area contributed by atoms with Crippen LogP contribution in [0.3, 0.4) is 0 Å². The Morgan fingerprint density at radius 1 is 1.21 bits per heavy atom. The van der Waals surface area contributed by atoms with Crippen molar-refractivity contribution in [3.8, 4) is 0 Å². The Morgan fingerprint density at radius 3 is 2.79 bits per heavy atom. The number of hydrogen-bond acceptors (Lipinski definition) is 5. The molecule has 29 heavy (non-hydrogen) atoms. The van der Waals surface area contributed by atoms with Gasteiger partial charge >= 0.3 is 6.03 Å². The van der Waals surface area contributed by atoms with Gasteiger partial charge in [-0.2, -0.15) is 10.1 Å². The van der Waals surface area contributed by atoms with E-state index < -0.39 is 0 Å². The van der Waals surface area contributed by atoms with Crippen molar-refractivity contribution in [2.24, 2.45) is 15.5 Å². The molecule has 3 rings (SSSR count). The van der Waals surface area contributed by atoms with Crippen molar-refractivity contribution in [3.63, 3.8) is 0 Å². The van der Waals surface area contributed by atoms with Crippen LogP contribution in [0.2, 0.25) is 0 Å². The summed E-state index contributed by atoms with van der Waals surface area (Å²) < 4.78 is 0. The van der Waals surface area contributed by atoms with Gasteiger partial charge in [0.05, 0.1) is 12.8 Å². The minimum atomic E-state index is -0.373. The van der Waals surface area contributed by atoms with E-state index in [1.807, 2.05) is 32.0 Å². The van der Waals surface area contributed by atoms with Gasteiger partial charge < -0.3 is 10.2 Å². The van der Waals surface area contributed by atoms with Crippen molar-refractivity contribution in [1.29, 1.82) is 0 Å². The minimum Gasteiger partial charge on any atom is -0.391 e. The highest BCUT2D eigenvalue weighted by Gasteiger charge is 2.16. The molecule has 2 aromatic rings. The number of nitrogens with one attached hydrogen (secondary N) is 1. The molecule has 1 aliphatic carbocycles. The van der Waals surface area contributed by atoms with Crippen LogP contribution in [0.4, 0.5) is 10.5 Å². The molecular weight excluding hydrogens is 366 g/mol. The van der Waals surface area contributed by atoms with E-state index in [0.29, 0.717) is 5.69 Å². The summed E-state index contributed by atoms with van der Waals surface area (Å²) in [6, 6.07) is 11.7. The number of rotatable bonds is 6. The van der Waals surface area contributed by atoms with Gasteiger partial charge in [0, 0.05) is 23.9 Å². The Kier molecular flexibility index (Phi) is 6.59. The number of hydrogen-bond donors (Lipinski definition) is 1. The van der Waals surface area contributed by atoms with E-state index in [0.717, 1.165) is 40.3 Å². The summed E-state index contributed by atoms with van der Waals surface area (Å²) in [7, 11) is 3.05. The van der Waals surface area contributed by atoms with E-state index in [2.05, 4.69) is 39.0 Å². The first-order chi connectivity index (χ1) is 14.0. The molecule has 7 heteroatoms. The molecule has 2 aromatic carbocycles. The van der Waals surface area contributed by atoms with Gasteiger partial charge in [-0.15, -0.1) is 0 Å². The zero-order valence-electron chi connectivity index (χ0n) is 17.4. The normalized spacial score (nSPS) is 13.4. The molecule has 0 aliphatic heterocycles. The highest BCUT2D eigenvalue weighted by molar-refractivity contribution is 6.00. The highest BCUT2D eigenvalue weighted by Crippen LogP contribution is 2.26. The van der Waals surface area contributed by atoms with Gasteiger partial charge in [-0.1, -0.05) is 40.7 Å². The van der Waals surface area contributed by atoms with Crippen LogP contribution in [0.5, 0.6) is 0 Å². The van der Waals surface area contributed by atoms with Crippen molar-refractivity contribution < 1.29 is 9.63 Å². The van der Waals surface area contributed by atoms with E-state index in [1.165, 1.54) is 24.6 Å². The Balaban J connectivity index is 1.73. The molecule has 1 aliphatic rings. The van der Waals surface area contributed by atoms with Crippen LogP contribution in [0, 0.1) is 6.92 Å². The van der Waals surface area contributed by atoms with Gasteiger partial charge in [0.2, 0.25) is 0 Å². The first-order valence-corrected chi connectivity index (χ1v) is 9.72. The monoisotopic (exact) mass is 393 g/mol. The number of oxime groups is 1. The Morgan fingerprint density at radius 2 is 2.00 bits per heavy atom. The van der Waals surface area contributed by atoms with Gasteiger partial charge in [-0.05, 0) is 55.9 Å². The smallest absolute Gasteiger partial charge is 0.343 e. The van der Waals surface area contributed by atoms with Gasteiger partial charge in [-0.3, -0.25) is 0 Å². The quantitative estimate of drug-likeness (QED) is 0.431. The van der Waals surface area contributed by atoms with Crippen LogP contribution in [0.15, 0.2) is 51.9 Å². The van der Waals surface area contributed by atoms with E-state index in [4.69, 9.17) is 4.84 Å². The largest absolute Gasteiger partial charge is 0.391 e. The van der Waals surface area contributed by atoms with Crippen molar-refractivity contribution in [1.82, 2.24) is 5.01 Å². The molecule has 0 spiro atoms. The number of amides is 2. The molecule has 152 valence electrons. The fraction of sp³-hybridized carbons (Fsp3) is 0.364. The number of nitrogens with zero attached hydrogens (tertiary/aromatic N) is 4. The van der Waals surface area contributed by atoms with E-state index in [9.17, 15) is 4.79 Å². The number of urea groups is 1. The fourth-order valence-corrected chi connectivity index (χ4v) is 3.58. The number of benzene rings is 2. The zero-order chi connectivity index (χ0) is 20.8. The fourth-order valence-electron chi connectivity index (χ4n) is 3.58. The lowest BCUT2D eigenvalue weighted by atomic mass is 10.0. The molecule has 1 N–H and O–H groups in total. The van der Waals surface area contributed by atoms with Crippen molar-refractivity contribution in [3.05, 3.63) is 64.2 Å². The van der Waals surface area contributed by atoms with Gasteiger partial charge in [0.15, 0.2) is 0 Å². The van der Waals surface area contributed by atoms with Gasteiger partial charge in [0.1, 0.15) is 6.61 Å². The van der Waals surface area contributed by atoms with Crippen molar-refractivity contribution in [2.45, 2.75) is 39.7 Å². The van der Waals surface area contributed by atoms with E-state index >= 15 is 0 Å². The maximum atomic E-state index is 12.2. The summed E-state index contributed by atoms with van der Waals surface area (Å²) in [6.45, 7) is 4.21. The SMILES string of the molecule is CN=NN(C)C(=O)Nc1cccc(C)c1CO/N=C(/C)c1cccc2c1CCC2. The average molecular weight is 393 g/mol. The maximum Gasteiger partial charge on any atom is 0.343 e. The van der Waals surface area contributed by atoms with Crippen LogP contribution in [0.25, 0.3) is 0 Å². The lowest BCUT2D eigenvalue weighted by Gasteiger charge is -2.15. The molecule has 0 radical (unpaired) electrons. The van der Waals surface area contributed by atoms with Crippen LogP contribution in [-0.4, -0.2) is 30.8 Å². The second kappa shape index (κ2) is 9.32. The average Bonchev–Trinajstić information content (AvgIpc) is 3.19. The molecule has 0 fully saturated rings. The predicted molar refractivity (Wildman–Crippen MR) is 114 cm³/mol. The molecular formula is C22H27N5O2.